The number of benzene rings is 1. The van der Waals surface area contributed by atoms with Crippen LogP contribution in [0.1, 0.15) is 27.2 Å². The lowest BCUT2D eigenvalue weighted by Crippen LogP contribution is -2.26. The molecule has 2 aromatic rings. The highest BCUT2D eigenvalue weighted by atomic mass is 32.2. The number of anilines is 1. The summed E-state index contributed by atoms with van der Waals surface area (Å²) in [6.45, 7) is 1.69. The normalized spacial score (nSPS) is 13.9. The van der Waals surface area contributed by atoms with Gasteiger partial charge in [0.05, 0.1) is 12.7 Å². The van der Waals surface area contributed by atoms with Crippen LogP contribution in [0.25, 0.3) is 0 Å². The number of nitrogens with one attached hydrogen (secondary N) is 1. The second-order valence-electron chi connectivity index (χ2n) is 6.15. The van der Waals surface area contributed by atoms with E-state index in [0.717, 1.165) is 34.8 Å². The zero-order valence-corrected chi connectivity index (χ0v) is 16.5. The smallest absolute Gasteiger partial charge is 0.341 e. The predicted octanol–water partition coefficient (Wildman–Crippen LogP) is 3.64. The quantitative estimate of drug-likeness (QED) is 0.603. The average molecular weight is 391 g/mol. The molecule has 1 amide bonds. The van der Waals surface area contributed by atoms with Gasteiger partial charge in [0.25, 0.3) is 0 Å². The summed E-state index contributed by atoms with van der Waals surface area (Å²) in [7, 11) is 3.43. The molecule has 1 aliphatic rings. The summed E-state index contributed by atoms with van der Waals surface area (Å²) in [5.74, 6) is 0.239. The van der Waals surface area contributed by atoms with E-state index in [0.29, 0.717) is 22.7 Å². The molecule has 5 nitrogen and oxygen atoms in total. The van der Waals surface area contributed by atoms with E-state index in [2.05, 4.69) is 17.3 Å². The van der Waals surface area contributed by atoms with Gasteiger partial charge >= 0.3 is 5.97 Å². The van der Waals surface area contributed by atoms with Crippen molar-refractivity contribution in [2.75, 3.05) is 31.8 Å². The van der Waals surface area contributed by atoms with Crippen LogP contribution in [0.5, 0.6) is 0 Å². The summed E-state index contributed by atoms with van der Waals surface area (Å²) in [6, 6.07) is 10.0. The lowest BCUT2D eigenvalue weighted by Gasteiger charge is -2.22. The second kappa shape index (κ2) is 8.70. The fourth-order valence-corrected chi connectivity index (χ4v) is 5.11. The molecule has 0 unspecified atom stereocenters. The van der Waals surface area contributed by atoms with Crippen molar-refractivity contribution in [3.63, 3.8) is 0 Å². The van der Waals surface area contributed by atoms with E-state index in [1.54, 1.807) is 11.8 Å². The Bertz CT molecular complexity index is 790. The summed E-state index contributed by atoms with van der Waals surface area (Å²) in [5.41, 5.74) is 1.55. The molecule has 0 saturated heterocycles. The maximum absolute atomic E-state index is 12.4. The van der Waals surface area contributed by atoms with Gasteiger partial charge in [0.15, 0.2) is 0 Å². The number of thiophene rings is 1. The monoisotopic (exact) mass is 390 g/mol. The van der Waals surface area contributed by atoms with E-state index in [1.807, 2.05) is 30.3 Å². The summed E-state index contributed by atoms with van der Waals surface area (Å²) < 4.78 is 4.95. The lowest BCUT2D eigenvalue weighted by atomic mass is 10.0. The van der Waals surface area contributed by atoms with Crippen LogP contribution in [-0.2, 0) is 22.5 Å². The molecule has 1 N–H and O–H groups in total. The van der Waals surface area contributed by atoms with Crippen LogP contribution in [0.15, 0.2) is 35.2 Å². The van der Waals surface area contributed by atoms with E-state index < -0.39 is 0 Å². The molecule has 7 heteroatoms. The molecule has 1 aromatic heterocycles. The van der Waals surface area contributed by atoms with E-state index >= 15 is 0 Å². The van der Waals surface area contributed by atoms with Crippen molar-refractivity contribution in [3.05, 3.63) is 46.3 Å². The molecule has 0 bridgehead atoms. The first kappa shape index (κ1) is 18.9. The number of carbonyl (C=O) groups excluding carboxylic acids is 2. The maximum Gasteiger partial charge on any atom is 0.341 e. The van der Waals surface area contributed by atoms with Crippen molar-refractivity contribution in [1.29, 1.82) is 0 Å². The zero-order chi connectivity index (χ0) is 18.5. The van der Waals surface area contributed by atoms with Gasteiger partial charge in [-0.05, 0) is 31.2 Å². The summed E-state index contributed by atoms with van der Waals surface area (Å²) >= 11 is 3.13. The van der Waals surface area contributed by atoms with Gasteiger partial charge < -0.3 is 15.0 Å². The SMILES string of the molecule is COC(=O)c1c(NC(=O)CCSc2ccccc2)sc2c1CCN(C)C2. The Labute approximate surface area is 161 Å². The average Bonchev–Trinajstić information content (AvgIpc) is 2.98. The third kappa shape index (κ3) is 4.47. The number of hydrogen-bond acceptors (Lipinski definition) is 6. The predicted molar refractivity (Wildman–Crippen MR) is 106 cm³/mol. The van der Waals surface area contributed by atoms with E-state index in [-0.39, 0.29) is 11.9 Å². The molecule has 0 atom stereocenters. The van der Waals surface area contributed by atoms with Crippen molar-refractivity contribution in [2.24, 2.45) is 0 Å². The highest BCUT2D eigenvalue weighted by molar-refractivity contribution is 7.99. The minimum atomic E-state index is -0.374. The molecule has 1 aromatic carbocycles. The molecule has 138 valence electrons. The number of carbonyl (C=O) groups is 2. The second-order valence-corrected chi connectivity index (χ2v) is 8.42. The number of thioether (sulfide) groups is 1. The number of hydrogen-bond donors (Lipinski definition) is 1. The topological polar surface area (TPSA) is 58.6 Å². The van der Waals surface area contributed by atoms with Crippen molar-refractivity contribution < 1.29 is 14.3 Å². The number of nitrogens with zero attached hydrogens (tertiary/aromatic N) is 1. The van der Waals surface area contributed by atoms with E-state index in [1.165, 1.54) is 18.4 Å². The number of methoxy groups -OCH3 is 1. The van der Waals surface area contributed by atoms with E-state index in [9.17, 15) is 9.59 Å². The van der Waals surface area contributed by atoms with Crippen molar-refractivity contribution in [3.8, 4) is 0 Å². The Hall–Kier alpha value is -1.83. The Morgan fingerprint density at radius 3 is 2.81 bits per heavy atom. The third-order valence-electron chi connectivity index (χ3n) is 4.23. The maximum atomic E-state index is 12.4. The lowest BCUT2D eigenvalue weighted by molar-refractivity contribution is -0.115. The van der Waals surface area contributed by atoms with Gasteiger partial charge in [-0.3, -0.25) is 4.79 Å². The summed E-state index contributed by atoms with van der Waals surface area (Å²) in [6.07, 6.45) is 1.19. The van der Waals surface area contributed by atoms with Crippen LogP contribution in [0.3, 0.4) is 0 Å². The van der Waals surface area contributed by atoms with Crippen LogP contribution < -0.4 is 5.32 Å². The molecule has 1 aliphatic heterocycles. The van der Waals surface area contributed by atoms with Gasteiger partial charge in [0.1, 0.15) is 5.00 Å². The summed E-state index contributed by atoms with van der Waals surface area (Å²) in [5, 5.41) is 3.55. The molecule has 2 heterocycles. The first-order valence-electron chi connectivity index (χ1n) is 8.47. The van der Waals surface area contributed by atoms with Crippen LogP contribution in [-0.4, -0.2) is 43.2 Å². The molecule has 0 saturated carbocycles. The first-order chi connectivity index (χ1) is 12.6. The van der Waals surface area contributed by atoms with Crippen molar-refractivity contribution in [1.82, 2.24) is 4.90 Å². The van der Waals surface area contributed by atoms with Crippen LogP contribution >= 0.6 is 23.1 Å². The molecule has 3 rings (SSSR count). The van der Waals surface area contributed by atoms with E-state index in [4.69, 9.17) is 4.74 Å². The van der Waals surface area contributed by atoms with Crippen LogP contribution in [0, 0.1) is 0 Å². The molecule has 0 fully saturated rings. The molecular formula is C19H22N2O3S2. The molecule has 0 radical (unpaired) electrons. The number of rotatable bonds is 6. The van der Waals surface area contributed by atoms with Gasteiger partial charge in [-0.25, -0.2) is 4.79 Å². The molecular weight excluding hydrogens is 368 g/mol. The van der Waals surface area contributed by atoms with Crippen LogP contribution in [0.2, 0.25) is 0 Å². The number of amides is 1. The standard InChI is InChI=1S/C19H22N2O3S2/c1-21-10-8-14-15(12-21)26-18(17(14)19(23)24-2)20-16(22)9-11-25-13-6-4-3-5-7-13/h3-7H,8-12H2,1-2H3,(H,20,22). The van der Waals surface area contributed by atoms with Gasteiger partial charge in [-0.1, -0.05) is 18.2 Å². The van der Waals surface area contributed by atoms with Gasteiger partial charge in [0.2, 0.25) is 5.91 Å². The van der Waals surface area contributed by atoms with Crippen molar-refractivity contribution in [2.45, 2.75) is 24.3 Å². The highest BCUT2D eigenvalue weighted by Crippen LogP contribution is 2.37. The Balaban J connectivity index is 1.66. The Kier molecular flexibility index (Phi) is 6.34. The summed E-state index contributed by atoms with van der Waals surface area (Å²) in [4.78, 5) is 29.1. The first-order valence-corrected chi connectivity index (χ1v) is 10.3. The minimum absolute atomic E-state index is 0.0782. The number of fused-ring (bicyclic) bond motifs is 1. The van der Waals surface area contributed by atoms with Gasteiger partial charge in [-0.2, -0.15) is 0 Å². The zero-order valence-electron chi connectivity index (χ0n) is 14.9. The molecule has 0 spiro atoms. The largest absolute Gasteiger partial charge is 0.465 e. The Morgan fingerprint density at radius 1 is 1.31 bits per heavy atom. The third-order valence-corrected chi connectivity index (χ3v) is 6.38. The molecule has 0 aliphatic carbocycles. The fraction of sp³-hybridized carbons (Fsp3) is 0.368. The fourth-order valence-electron chi connectivity index (χ4n) is 2.90. The number of ether oxygens (including phenoxy) is 1. The van der Waals surface area contributed by atoms with Gasteiger partial charge in [-0.15, -0.1) is 23.1 Å². The highest BCUT2D eigenvalue weighted by Gasteiger charge is 2.28. The van der Waals surface area contributed by atoms with Crippen LogP contribution in [0.4, 0.5) is 5.00 Å². The Morgan fingerprint density at radius 2 is 2.08 bits per heavy atom. The van der Waals surface area contributed by atoms with Crippen molar-refractivity contribution >= 4 is 40.0 Å². The minimum Gasteiger partial charge on any atom is -0.465 e. The van der Waals surface area contributed by atoms with Gasteiger partial charge in [0, 0.05) is 35.0 Å². The number of esters is 1. The number of likely N-dealkylation sites (N-methyl/N-ethyl adjacent to an activating group) is 1. The molecule has 26 heavy (non-hydrogen) atoms.